The van der Waals surface area contributed by atoms with Gasteiger partial charge in [0.05, 0.1) is 16.4 Å². The highest BCUT2D eigenvalue weighted by molar-refractivity contribution is 8.18. The Morgan fingerprint density at radius 2 is 1.88 bits per heavy atom. The molecule has 8 heteroatoms. The molecule has 0 bridgehead atoms. The van der Waals surface area contributed by atoms with Crippen LogP contribution in [0.2, 0.25) is 0 Å². The Morgan fingerprint density at radius 3 is 2.50 bits per heavy atom. The fourth-order valence-corrected chi connectivity index (χ4v) is 5.92. The van der Waals surface area contributed by atoms with E-state index in [1.54, 1.807) is 12.1 Å². The molecule has 1 saturated heterocycles. The number of hydrogen-bond donors (Lipinski definition) is 0. The molecule has 0 aliphatic carbocycles. The van der Waals surface area contributed by atoms with E-state index >= 15 is 0 Å². The van der Waals surface area contributed by atoms with Gasteiger partial charge in [0, 0.05) is 29.9 Å². The summed E-state index contributed by atoms with van der Waals surface area (Å²) in [5, 5.41) is 10.5. The summed E-state index contributed by atoms with van der Waals surface area (Å²) in [6.45, 7) is 12.0. The molecule has 1 atom stereocenters. The van der Waals surface area contributed by atoms with Crippen LogP contribution in [0, 0.1) is 17.0 Å². The number of nitro benzene ring substituents is 1. The van der Waals surface area contributed by atoms with E-state index in [9.17, 15) is 19.7 Å². The van der Waals surface area contributed by atoms with Gasteiger partial charge in [0.2, 0.25) is 0 Å². The minimum Gasteiger partial charge on any atom is -0.366 e. The highest BCUT2D eigenvalue weighted by Gasteiger charge is 2.37. The van der Waals surface area contributed by atoms with Crippen LogP contribution in [0.5, 0.6) is 0 Å². The lowest BCUT2D eigenvalue weighted by molar-refractivity contribution is -0.384. The summed E-state index contributed by atoms with van der Waals surface area (Å²) >= 11 is 0.936. The molecule has 0 N–H and O–H groups in total. The summed E-state index contributed by atoms with van der Waals surface area (Å²) < 4.78 is 0. The summed E-state index contributed by atoms with van der Waals surface area (Å²) in [5.41, 5.74) is 5.23. The van der Waals surface area contributed by atoms with Crippen LogP contribution in [0.4, 0.5) is 16.2 Å². The minimum absolute atomic E-state index is 0.0278. The number of nitro groups is 1. The maximum Gasteiger partial charge on any atom is 0.293 e. The number of imide groups is 1. The molecule has 0 spiro atoms. The number of hydrogen-bond acceptors (Lipinski definition) is 6. The van der Waals surface area contributed by atoms with Crippen molar-refractivity contribution in [2.45, 2.75) is 59.0 Å². The quantitative estimate of drug-likeness (QED) is 0.286. The smallest absolute Gasteiger partial charge is 0.293 e. The van der Waals surface area contributed by atoms with Crippen molar-refractivity contribution in [2.24, 2.45) is 0 Å². The third-order valence-electron chi connectivity index (χ3n) is 6.74. The van der Waals surface area contributed by atoms with E-state index in [0.29, 0.717) is 16.4 Å². The molecule has 1 unspecified atom stereocenters. The summed E-state index contributed by atoms with van der Waals surface area (Å²) in [6, 6.07) is 10.3. The number of non-ortho nitro benzene ring substituents is 1. The van der Waals surface area contributed by atoms with Crippen LogP contribution in [0.1, 0.15) is 62.3 Å². The third-order valence-corrected chi connectivity index (χ3v) is 7.65. The van der Waals surface area contributed by atoms with Crippen molar-refractivity contribution >= 4 is 40.4 Å². The first kappa shape index (κ1) is 24.0. The van der Waals surface area contributed by atoms with Gasteiger partial charge >= 0.3 is 0 Å². The molecule has 2 aromatic carbocycles. The van der Waals surface area contributed by atoms with E-state index in [1.807, 2.05) is 13.0 Å². The molecule has 2 aromatic rings. The molecule has 4 rings (SSSR count). The normalized spacial score (nSPS) is 20.7. The van der Waals surface area contributed by atoms with Crippen LogP contribution in [0.3, 0.4) is 0 Å². The van der Waals surface area contributed by atoms with E-state index in [1.165, 1.54) is 28.3 Å². The van der Waals surface area contributed by atoms with Gasteiger partial charge < -0.3 is 4.90 Å². The van der Waals surface area contributed by atoms with Gasteiger partial charge in [0.25, 0.3) is 16.8 Å². The summed E-state index contributed by atoms with van der Waals surface area (Å²) in [4.78, 5) is 40.1. The van der Waals surface area contributed by atoms with Crippen LogP contribution in [0.25, 0.3) is 6.08 Å². The average molecular weight is 480 g/mol. The topological polar surface area (TPSA) is 83.8 Å². The van der Waals surface area contributed by atoms with Crippen LogP contribution in [0.15, 0.2) is 41.3 Å². The molecule has 2 aliphatic rings. The standard InChI is InChI=1S/C26H29N3O4S/c1-6-28-22-11-16(2)19(12-21(22)17(3)14-26(28,4)5)13-23-24(30)27(25(31)34-23)15-18-7-9-20(10-8-18)29(32)33/h7-13,17H,6,14-15H2,1-5H3/b23-13-. The lowest BCUT2D eigenvalue weighted by Crippen LogP contribution is -2.48. The van der Waals surface area contributed by atoms with Crippen LogP contribution < -0.4 is 4.90 Å². The number of nitrogens with zero attached hydrogens (tertiary/aromatic N) is 3. The van der Waals surface area contributed by atoms with Gasteiger partial charge in [-0.3, -0.25) is 24.6 Å². The molecule has 2 aliphatic heterocycles. The van der Waals surface area contributed by atoms with Gasteiger partial charge in [-0.25, -0.2) is 0 Å². The Bertz CT molecular complexity index is 1200. The number of thioether (sulfide) groups is 1. The lowest BCUT2D eigenvalue weighted by Gasteiger charge is -2.47. The fraction of sp³-hybridized carbons (Fsp3) is 0.385. The van der Waals surface area contributed by atoms with Crippen molar-refractivity contribution < 1.29 is 14.5 Å². The average Bonchev–Trinajstić information content (AvgIpc) is 3.02. The van der Waals surface area contributed by atoms with Crippen molar-refractivity contribution in [2.75, 3.05) is 11.4 Å². The minimum atomic E-state index is -0.477. The Hall–Kier alpha value is -3.13. The van der Waals surface area contributed by atoms with Gasteiger partial charge in [0.15, 0.2) is 0 Å². The predicted octanol–water partition coefficient (Wildman–Crippen LogP) is 6.25. The van der Waals surface area contributed by atoms with Crippen molar-refractivity contribution in [3.8, 4) is 0 Å². The number of aryl methyl sites for hydroxylation is 1. The SMILES string of the molecule is CCN1c2cc(C)c(/C=C3\SC(=O)N(Cc4ccc([N+](=O)[O-])cc4)C3=O)cc2C(C)CC1(C)C. The molecule has 34 heavy (non-hydrogen) atoms. The molecule has 0 radical (unpaired) electrons. The Kier molecular flexibility index (Phi) is 6.29. The van der Waals surface area contributed by atoms with E-state index in [2.05, 4.69) is 44.7 Å². The Morgan fingerprint density at radius 1 is 1.21 bits per heavy atom. The van der Waals surface area contributed by atoms with Crippen molar-refractivity contribution in [1.82, 2.24) is 4.90 Å². The second kappa shape index (κ2) is 8.91. The molecule has 0 saturated carbocycles. The Labute approximate surface area is 204 Å². The predicted molar refractivity (Wildman–Crippen MR) is 136 cm³/mol. The zero-order valence-corrected chi connectivity index (χ0v) is 20.9. The first-order valence-electron chi connectivity index (χ1n) is 11.4. The van der Waals surface area contributed by atoms with Crippen molar-refractivity contribution in [3.63, 3.8) is 0 Å². The van der Waals surface area contributed by atoms with E-state index < -0.39 is 4.92 Å². The lowest BCUT2D eigenvalue weighted by atomic mass is 9.79. The molecular weight excluding hydrogens is 450 g/mol. The summed E-state index contributed by atoms with van der Waals surface area (Å²) in [7, 11) is 0. The largest absolute Gasteiger partial charge is 0.366 e. The van der Waals surface area contributed by atoms with Crippen LogP contribution in [-0.4, -0.2) is 33.1 Å². The number of benzene rings is 2. The number of carbonyl (C=O) groups is 2. The maximum absolute atomic E-state index is 13.0. The number of carbonyl (C=O) groups excluding carboxylic acids is 2. The summed E-state index contributed by atoms with van der Waals surface area (Å²) in [6.07, 6.45) is 2.86. The second-order valence-corrected chi connectivity index (χ2v) is 10.6. The highest BCUT2D eigenvalue weighted by Crippen LogP contribution is 2.45. The fourth-order valence-electron chi connectivity index (χ4n) is 5.09. The van der Waals surface area contributed by atoms with Crippen molar-refractivity contribution in [1.29, 1.82) is 0 Å². The first-order valence-corrected chi connectivity index (χ1v) is 12.2. The number of amides is 2. The maximum atomic E-state index is 13.0. The molecule has 178 valence electrons. The van der Waals surface area contributed by atoms with Gasteiger partial charge in [0.1, 0.15) is 0 Å². The second-order valence-electron chi connectivity index (χ2n) is 9.62. The molecule has 2 amide bonds. The first-order chi connectivity index (χ1) is 16.0. The van der Waals surface area contributed by atoms with Gasteiger partial charge in [-0.05, 0) is 92.3 Å². The number of anilines is 1. The van der Waals surface area contributed by atoms with Gasteiger partial charge in [-0.15, -0.1) is 0 Å². The van der Waals surface area contributed by atoms with E-state index in [0.717, 1.165) is 35.9 Å². The van der Waals surface area contributed by atoms with Crippen molar-refractivity contribution in [3.05, 3.63) is 73.7 Å². The monoisotopic (exact) mass is 479 g/mol. The third kappa shape index (κ3) is 4.34. The van der Waals surface area contributed by atoms with Crippen LogP contribution in [-0.2, 0) is 11.3 Å². The van der Waals surface area contributed by atoms with Gasteiger partial charge in [-0.2, -0.15) is 0 Å². The molecular formula is C26H29N3O4S. The highest BCUT2D eigenvalue weighted by atomic mass is 32.2. The van der Waals surface area contributed by atoms with E-state index in [4.69, 9.17) is 0 Å². The molecule has 7 nitrogen and oxygen atoms in total. The molecule has 0 aromatic heterocycles. The molecule has 2 heterocycles. The van der Waals surface area contributed by atoms with Gasteiger partial charge in [-0.1, -0.05) is 19.1 Å². The molecule has 1 fully saturated rings. The zero-order valence-electron chi connectivity index (χ0n) is 20.1. The number of fused-ring (bicyclic) bond motifs is 1. The Balaban J connectivity index is 1.61. The van der Waals surface area contributed by atoms with E-state index in [-0.39, 0.29) is 28.9 Å². The zero-order chi connectivity index (χ0) is 24.8. The summed E-state index contributed by atoms with van der Waals surface area (Å²) in [5.74, 6) is 0.0487. The number of rotatable bonds is 5. The van der Waals surface area contributed by atoms with Crippen LogP contribution >= 0.6 is 11.8 Å².